The predicted molar refractivity (Wildman–Crippen MR) is 180 cm³/mol. The molecule has 266 valence electrons. The third kappa shape index (κ3) is 228. The molecule has 44 heavy (non-hydrogen) atoms. The number of hydrogen-bond donors (Lipinski definition) is 2. The first kappa shape index (κ1) is 83.5. The molecule has 0 saturated carbocycles. The molecule has 1 atom stereocenters. The first-order valence-electron chi connectivity index (χ1n) is 10.5. The number of hydrogen-bond acceptors (Lipinski definition) is 15. The van der Waals surface area contributed by atoms with Crippen LogP contribution in [0.5, 0.6) is 0 Å². The largest absolute Gasteiger partial charge is 0.394 e. The van der Waals surface area contributed by atoms with Gasteiger partial charge in [0.25, 0.3) is 0 Å². The van der Waals surface area contributed by atoms with E-state index >= 15 is 0 Å². The molecule has 0 spiro atoms. The SMILES string of the molecule is C=C.C=C.C=C.C=C.C=C.C=C.C=C.C=C.C=C.C=C.C=C.C=C.COOOOOOOOOOOOOCC(C)(N)CO. The fourth-order valence-corrected chi connectivity index (χ4v) is 0.354. The molecular formula is C29H61NO14. The standard InChI is InChI=1S/C5H13NO14.12C2H4/c1-5(6,3-7)4-9-11-13-15-17-19-20-18-16-14-12-10-8-2;12*1-2/h7H,3-4,6H2,1-2H3;12*1-2H2. The lowest BCUT2D eigenvalue weighted by Crippen LogP contribution is -2.44. The molecule has 0 aliphatic heterocycles. The molecule has 0 aromatic heterocycles. The van der Waals surface area contributed by atoms with Crippen molar-refractivity contribution in [2.24, 2.45) is 5.73 Å². The van der Waals surface area contributed by atoms with Crippen LogP contribution in [-0.2, 0) is 65.2 Å². The molecule has 0 radical (unpaired) electrons. The monoisotopic (exact) mass is 647 g/mol. The van der Waals surface area contributed by atoms with E-state index in [-0.39, 0.29) is 13.2 Å². The highest BCUT2D eigenvalue weighted by Crippen LogP contribution is 1.99. The summed E-state index contributed by atoms with van der Waals surface area (Å²) in [6.07, 6.45) is 0. The van der Waals surface area contributed by atoms with Crippen molar-refractivity contribution in [1.29, 1.82) is 0 Å². The van der Waals surface area contributed by atoms with E-state index < -0.39 is 5.54 Å². The van der Waals surface area contributed by atoms with Gasteiger partial charge in [-0.15, -0.1) is 158 Å². The summed E-state index contributed by atoms with van der Waals surface area (Å²) in [5.41, 5.74) is 4.43. The maximum absolute atomic E-state index is 8.73. The van der Waals surface area contributed by atoms with Crippen LogP contribution in [0.2, 0.25) is 0 Å². The Morgan fingerprint density at radius 2 is 0.591 bits per heavy atom. The van der Waals surface area contributed by atoms with Crippen LogP contribution in [0.25, 0.3) is 0 Å². The quantitative estimate of drug-likeness (QED) is 0.0755. The average Bonchev–Trinajstić information content (AvgIpc) is 3.17. The summed E-state index contributed by atoms with van der Waals surface area (Å²) in [4.78, 5) is 8.24. The van der Waals surface area contributed by atoms with E-state index in [0.717, 1.165) is 7.11 Å². The van der Waals surface area contributed by atoms with Crippen LogP contribution in [0.1, 0.15) is 6.92 Å². The van der Waals surface area contributed by atoms with Crippen LogP contribution in [0.4, 0.5) is 0 Å². The molecule has 0 saturated heterocycles. The fraction of sp³-hybridized carbons (Fsp3) is 0.172. The summed E-state index contributed by atoms with van der Waals surface area (Å²) in [6.45, 7) is 72.9. The van der Waals surface area contributed by atoms with E-state index in [1.165, 1.54) is 6.92 Å². The van der Waals surface area contributed by atoms with Crippen molar-refractivity contribution in [2.75, 3.05) is 20.3 Å². The maximum atomic E-state index is 8.73. The van der Waals surface area contributed by atoms with Crippen molar-refractivity contribution in [3.63, 3.8) is 0 Å². The zero-order chi connectivity index (χ0) is 39.1. The van der Waals surface area contributed by atoms with Gasteiger partial charge in [-0.1, -0.05) is 0 Å². The van der Waals surface area contributed by atoms with Crippen molar-refractivity contribution in [3.05, 3.63) is 158 Å². The third-order valence-electron chi connectivity index (χ3n) is 1.14. The van der Waals surface area contributed by atoms with E-state index in [0.29, 0.717) is 0 Å². The minimum Gasteiger partial charge on any atom is -0.394 e. The Kier molecular flexibility index (Phi) is 366. The third-order valence-corrected chi connectivity index (χ3v) is 1.14. The summed E-state index contributed by atoms with van der Waals surface area (Å²) in [5, 5.41) is 49.0. The highest BCUT2D eigenvalue weighted by molar-refractivity contribution is 4.75. The van der Waals surface area contributed by atoms with Gasteiger partial charge >= 0.3 is 0 Å². The van der Waals surface area contributed by atoms with Gasteiger partial charge in [0.1, 0.15) is 6.61 Å². The molecule has 0 heterocycles. The van der Waals surface area contributed by atoms with Gasteiger partial charge in [-0.3, -0.25) is 0 Å². The first-order chi connectivity index (χ1) is 21.6. The minimum atomic E-state index is -1.02. The van der Waals surface area contributed by atoms with Gasteiger partial charge in [-0.05, 0) is 62.3 Å². The maximum Gasteiger partial charge on any atom is 0.105 e. The molecule has 3 N–H and O–H groups in total. The minimum absolute atomic E-state index is 0.206. The van der Waals surface area contributed by atoms with E-state index in [1.807, 2.05) is 0 Å². The van der Waals surface area contributed by atoms with Gasteiger partial charge < -0.3 is 10.8 Å². The molecule has 0 fully saturated rings. The Morgan fingerprint density at radius 1 is 0.409 bits per heavy atom. The molecule has 0 rings (SSSR count). The number of rotatable bonds is 15. The van der Waals surface area contributed by atoms with Crippen molar-refractivity contribution in [1.82, 2.24) is 0 Å². The first-order valence-corrected chi connectivity index (χ1v) is 10.5. The molecule has 15 nitrogen and oxygen atoms in total. The second-order valence-corrected chi connectivity index (χ2v) is 2.99. The molecule has 0 bridgehead atoms. The van der Waals surface area contributed by atoms with E-state index in [2.05, 4.69) is 223 Å². The van der Waals surface area contributed by atoms with E-state index in [4.69, 9.17) is 10.8 Å². The van der Waals surface area contributed by atoms with Crippen molar-refractivity contribution in [3.8, 4) is 0 Å². The zero-order valence-electron chi connectivity index (χ0n) is 27.2. The fourth-order valence-electron chi connectivity index (χ4n) is 0.354. The summed E-state index contributed by atoms with van der Waals surface area (Å²) < 4.78 is 0. The highest BCUT2D eigenvalue weighted by Gasteiger charge is 2.18. The van der Waals surface area contributed by atoms with Gasteiger partial charge in [0.15, 0.2) is 0 Å². The summed E-state index contributed by atoms with van der Waals surface area (Å²) in [6, 6.07) is 0. The summed E-state index contributed by atoms with van der Waals surface area (Å²) >= 11 is 0. The van der Waals surface area contributed by atoms with Crippen LogP contribution in [0, 0.1) is 0 Å². The van der Waals surface area contributed by atoms with Crippen LogP contribution >= 0.6 is 0 Å². The normalized spacial score (nSPS) is 7.64. The molecule has 0 aliphatic rings. The average molecular weight is 648 g/mol. The van der Waals surface area contributed by atoms with Crippen LogP contribution < -0.4 is 5.73 Å². The number of nitrogens with two attached hydrogens (primary N) is 1. The summed E-state index contributed by atoms with van der Waals surface area (Å²) in [5.74, 6) is 0. The second kappa shape index (κ2) is 193. The molecule has 0 amide bonds. The Labute approximate surface area is 267 Å². The Hall–Kier alpha value is -3.72. The van der Waals surface area contributed by atoms with Gasteiger partial charge in [-0.2, -0.15) is 0 Å². The second-order valence-electron chi connectivity index (χ2n) is 2.99. The van der Waals surface area contributed by atoms with E-state index in [9.17, 15) is 0 Å². The van der Waals surface area contributed by atoms with Gasteiger partial charge in [0.05, 0.1) is 19.3 Å². The Balaban J connectivity index is -0.0000000304. The zero-order valence-corrected chi connectivity index (χ0v) is 27.2. The van der Waals surface area contributed by atoms with Crippen molar-refractivity contribution >= 4 is 0 Å². The lowest BCUT2D eigenvalue weighted by atomic mass is 10.1. The lowest BCUT2D eigenvalue weighted by molar-refractivity contribution is -0.869. The van der Waals surface area contributed by atoms with Crippen LogP contribution in [0.15, 0.2) is 158 Å². The molecule has 0 aromatic rings. The predicted octanol–water partition coefficient (Wildman–Crippen LogP) is 8.15. The Bertz CT molecular complexity index is 332. The smallest absolute Gasteiger partial charge is 0.105 e. The van der Waals surface area contributed by atoms with Gasteiger partial charge in [-0.25, -0.2) is 9.78 Å². The van der Waals surface area contributed by atoms with Gasteiger partial charge in [0, 0.05) is 0 Å². The lowest BCUT2D eigenvalue weighted by Gasteiger charge is -2.18. The summed E-state index contributed by atoms with van der Waals surface area (Å²) in [7, 11) is 1.12. The highest BCUT2D eigenvalue weighted by atomic mass is 18.0. The number of aliphatic hydroxyl groups excluding tert-OH is 1. The molecule has 1 unspecified atom stereocenters. The van der Waals surface area contributed by atoms with Crippen molar-refractivity contribution in [2.45, 2.75) is 12.5 Å². The molecule has 0 aromatic carbocycles. The molecule has 0 aliphatic carbocycles. The van der Waals surface area contributed by atoms with E-state index in [1.54, 1.807) is 0 Å². The van der Waals surface area contributed by atoms with Crippen LogP contribution in [0.3, 0.4) is 0 Å². The molecular weight excluding hydrogens is 586 g/mol. The molecule has 15 heteroatoms. The Morgan fingerprint density at radius 3 is 0.773 bits per heavy atom. The van der Waals surface area contributed by atoms with Gasteiger partial charge in [0.2, 0.25) is 0 Å². The van der Waals surface area contributed by atoms with Crippen molar-refractivity contribution < 1.29 is 70.3 Å². The van der Waals surface area contributed by atoms with Crippen LogP contribution in [-0.4, -0.2) is 31.0 Å². The number of aliphatic hydroxyl groups is 1. The topological polar surface area (TPSA) is 166 Å².